The van der Waals surface area contributed by atoms with Gasteiger partial charge in [-0.05, 0) is 38.1 Å². The van der Waals surface area contributed by atoms with Crippen LogP contribution >= 0.6 is 0 Å². The molecule has 1 unspecified atom stereocenters. The smallest absolute Gasteiger partial charge is 0.333 e. The van der Waals surface area contributed by atoms with Gasteiger partial charge >= 0.3 is 5.69 Å². The molecule has 1 aromatic heterocycles. The van der Waals surface area contributed by atoms with E-state index in [1.807, 2.05) is 6.92 Å². The van der Waals surface area contributed by atoms with E-state index in [9.17, 15) is 10.1 Å². The second-order valence-corrected chi connectivity index (χ2v) is 6.21. The first-order chi connectivity index (χ1) is 9.97. The van der Waals surface area contributed by atoms with Crippen LogP contribution in [0.15, 0.2) is 0 Å². The maximum atomic E-state index is 11.3. The van der Waals surface area contributed by atoms with Gasteiger partial charge in [-0.2, -0.15) is 5.10 Å². The Kier molecular flexibility index (Phi) is 4.82. The summed E-state index contributed by atoms with van der Waals surface area (Å²) in [6, 6.07) is 0. The van der Waals surface area contributed by atoms with Crippen molar-refractivity contribution in [1.29, 1.82) is 0 Å². The van der Waals surface area contributed by atoms with Crippen LogP contribution in [-0.4, -0.2) is 34.3 Å². The van der Waals surface area contributed by atoms with E-state index in [0.717, 1.165) is 38.9 Å². The topological polar surface area (TPSA) is 85.0 Å². The van der Waals surface area contributed by atoms with Crippen LogP contribution in [0.25, 0.3) is 0 Å². The fourth-order valence-electron chi connectivity index (χ4n) is 2.91. The van der Waals surface area contributed by atoms with Gasteiger partial charge in [0, 0.05) is 19.6 Å². The maximum absolute atomic E-state index is 11.3. The number of piperidine rings is 1. The fraction of sp³-hybridized carbons (Fsp3) is 0.786. The molecule has 2 N–H and O–H groups in total. The number of nitrogens with zero attached hydrogens (tertiary/aromatic N) is 3. The van der Waals surface area contributed by atoms with Crippen molar-refractivity contribution in [3.05, 3.63) is 15.8 Å². The summed E-state index contributed by atoms with van der Waals surface area (Å²) < 4.78 is 1.73. The van der Waals surface area contributed by atoms with Gasteiger partial charge in [-0.3, -0.25) is 10.1 Å². The Morgan fingerprint density at radius 2 is 2.33 bits per heavy atom. The van der Waals surface area contributed by atoms with E-state index in [1.54, 1.807) is 11.6 Å². The first kappa shape index (κ1) is 15.8. The molecule has 1 saturated heterocycles. The van der Waals surface area contributed by atoms with Gasteiger partial charge in [0.05, 0.1) is 4.92 Å². The standard InChI is InChI=1S/C14H25N5O2/c1-4-8-18-13(12(19(20)21)11(2)17-18)16-10-14(3)6-5-7-15-9-14/h15-16H,4-10H2,1-3H3. The molecule has 1 atom stereocenters. The van der Waals surface area contributed by atoms with Crippen molar-refractivity contribution in [2.75, 3.05) is 25.0 Å². The van der Waals surface area contributed by atoms with Crippen molar-refractivity contribution in [2.24, 2.45) is 5.41 Å². The lowest BCUT2D eigenvalue weighted by atomic mass is 9.83. The van der Waals surface area contributed by atoms with Crippen molar-refractivity contribution in [3.8, 4) is 0 Å². The van der Waals surface area contributed by atoms with E-state index in [-0.39, 0.29) is 16.0 Å². The highest BCUT2D eigenvalue weighted by Gasteiger charge is 2.30. The first-order valence-corrected chi connectivity index (χ1v) is 7.63. The molecule has 0 aliphatic carbocycles. The number of hydrogen-bond donors (Lipinski definition) is 2. The van der Waals surface area contributed by atoms with E-state index in [0.29, 0.717) is 18.1 Å². The zero-order valence-corrected chi connectivity index (χ0v) is 13.1. The summed E-state index contributed by atoms with van der Waals surface area (Å²) >= 11 is 0. The number of nitro groups is 1. The van der Waals surface area contributed by atoms with Gasteiger partial charge in [-0.1, -0.05) is 13.8 Å². The summed E-state index contributed by atoms with van der Waals surface area (Å²) in [5.41, 5.74) is 0.708. The summed E-state index contributed by atoms with van der Waals surface area (Å²) in [7, 11) is 0. The number of rotatable bonds is 6. The van der Waals surface area contributed by atoms with Crippen molar-refractivity contribution in [2.45, 2.75) is 46.6 Å². The van der Waals surface area contributed by atoms with Crippen molar-refractivity contribution >= 4 is 11.5 Å². The highest BCUT2D eigenvalue weighted by molar-refractivity contribution is 5.59. The zero-order chi connectivity index (χ0) is 15.5. The molecule has 1 aliphatic heterocycles. The van der Waals surface area contributed by atoms with Gasteiger partial charge < -0.3 is 10.6 Å². The van der Waals surface area contributed by atoms with E-state index in [2.05, 4.69) is 22.7 Å². The second kappa shape index (κ2) is 6.43. The average Bonchev–Trinajstić information content (AvgIpc) is 2.74. The van der Waals surface area contributed by atoms with Gasteiger partial charge in [0.15, 0.2) is 0 Å². The van der Waals surface area contributed by atoms with Crippen LogP contribution in [-0.2, 0) is 6.54 Å². The number of hydrogen-bond acceptors (Lipinski definition) is 5. The Morgan fingerprint density at radius 1 is 1.57 bits per heavy atom. The Balaban J connectivity index is 2.19. The van der Waals surface area contributed by atoms with E-state index >= 15 is 0 Å². The highest BCUT2D eigenvalue weighted by Crippen LogP contribution is 2.31. The number of aromatic nitrogens is 2. The molecule has 2 heterocycles. The maximum Gasteiger partial charge on any atom is 0.333 e. The van der Waals surface area contributed by atoms with Crippen molar-refractivity contribution in [1.82, 2.24) is 15.1 Å². The molecule has 1 aliphatic rings. The predicted molar refractivity (Wildman–Crippen MR) is 82.6 cm³/mol. The van der Waals surface area contributed by atoms with Gasteiger partial charge in [-0.15, -0.1) is 0 Å². The molecule has 1 aromatic rings. The van der Waals surface area contributed by atoms with Crippen LogP contribution in [0.2, 0.25) is 0 Å². The monoisotopic (exact) mass is 295 g/mol. The highest BCUT2D eigenvalue weighted by atomic mass is 16.6. The molecule has 1 fully saturated rings. The Bertz CT molecular complexity index is 506. The number of anilines is 1. The van der Waals surface area contributed by atoms with E-state index in [1.165, 1.54) is 0 Å². The third-order valence-corrected chi connectivity index (χ3v) is 4.08. The zero-order valence-electron chi connectivity index (χ0n) is 13.1. The molecule has 21 heavy (non-hydrogen) atoms. The van der Waals surface area contributed by atoms with Crippen LogP contribution in [0, 0.1) is 22.5 Å². The van der Waals surface area contributed by atoms with Gasteiger partial charge in [0.25, 0.3) is 0 Å². The van der Waals surface area contributed by atoms with E-state index in [4.69, 9.17) is 0 Å². The third kappa shape index (κ3) is 3.53. The Labute approximate surface area is 125 Å². The summed E-state index contributed by atoms with van der Waals surface area (Å²) in [6.45, 7) is 9.35. The first-order valence-electron chi connectivity index (χ1n) is 7.63. The van der Waals surface area contributed by atoms with Gasteiger partial charge in [0.1, 0.15) is 5.69 Å². The molecule has 0 spiro atoms. The molecule has 2 rings (SSSR count). The number of nitrogens with one attached hydrogen (secondary N) is 2. The molecule has 7 heteroatoms. The van der Waals surface area contributed by atoms with Crippen LogP contribution in [0.1, 0.15) is 38.8 Å². The van der Waals surface area contributed by atoms with Crippen molar-refractivity contribution in [3.63, 3.8) is 0 Å². The molecular weight excluding hydrogens is 270 g/mol. The minimum absolute atomic E-state index is 0.107. The summed E-state index contributed by atoms with van der Waals surface area (Å²) in [6.07, 6.45) is 3.17. The Hall–Kier alpha value is -1.63. The second-order valence-electron chi connectivity index (χ2n) is 6.21. The van der Waals surface area contributed by atoms with Gasteiger partial charge in [0.2, 0.25) is 5.82 Å². The third-order valence-electron chi connectivity index (χ3n) is 4.08. The van der Waals surface area contributed by atoms with Crippen LogP contribution in [0.4, 0.5) is 11.5 Å². The molecule has 7 nitrogen and oxygen atoms in total. The lowest BCUT2D eigenvalue weighted by Gasteiger charge is -2.34. The summed E-state index contributed by atoms with van der Waals surface area (Å²) in [5.74, 6) is 0.547. The average molecular weight is 295 g/mol. The van der Waals surface area contributed by atoms with Crippen LogP contribution in [0.5, 0.6) is 0 Å². The number of aryl methyl sites for hydroxylation is 2. The molecule has 0 bridgehead atoms. The molecule has 0 aromatic carbocycles. The largest absolute Gasteiger partial charge is 0.364 e. The van der Waals surface area contributed by atoms with Crippen LogP contribution < -0.4 is 10.6 Å². The quantitative estimate of drug-likeness (QED) is 0.621. The van der Waals surface area contributed by atoms with E-state index < -0.39 is 0 Å². The van der Waals surface area contributed by atoms with Crippen LogP contribution in [0.3, 0.4) is 0 Å². The predicted octanol–water partition coefficient (Wildman–Crippen LogP) is 2.31. The Morgan fingerprint density at radius 3 is 2.90 bits per heavy atom. The molecule has 0 saturated carbocycles. The molecule has 118 valence electrons. The molecule has 0 amide bonds. The SMILES string of the molecule is CCCn1nc(C)c([N+](=O)[O-])c1NCC1(C)CCCNC1. The van der Waals surface area contributed by atoms with Crippen molar-refractivity contribution < 1.29 is 4.92 Å². The fourth-order valence-corrected chi connectivity index (χ4v) is 2.91. The lowest BCUT2D eigenvalue weighted by molar-refractivity contribution is -0.384. The molecular formula is C14H25N5O2. The van der Waals surface area contributed by atoms with Gasteiger partial charge in [-0.25, -0.2) is 4.68 Å². The molecule has 0 radical (unpaired) electrons. The minimum atomic E-state index is -0.335. The summed E-state index contributed by atoms with van der Waals surface area (Å²) in [5, 5.41) is 22.3. The minimum Gasteiger partial charge on any atom is -0.364 e. The lowest BCUT2D eigenvalue weighted by Crippen LogP contribution is -2.42. The summed E-state index contributed by atoms with van der Waals surface area (Å²) in [4.78, 5) is 11.0. The normalized spacial score (nSPS) is 22.2.